The van der Waals surface area contributed by atoms with Crippen LogP contribution in [0.3, 0.4) is 0 Å². The summed E-state index contributed by atoms with van der Waals surface area (Å²) in [5.41, 5.74) is 0.579. The van der Waals surface area contributed by atoms with E-state index in [1.54, 1.807) is 6.92 Å². The molecule has 5 nitrogen and oxygen atoms in total. The molecule has 1 amide bonds. The lowest BCUT2D eigenvalue weighted by Crippen LogP contribution is -2.48. The summed E-state index contributed by atoms with van der Waals surface area (Å²) in [6.45, 7) is 2.61. The molecule has 1 N–H and O–H groups in total. The Kier molecular flexibility index (Phi) is 4.42. The fourth-order valence-corrected chi connectivity index (χ4v) is 5.46. The first-order chi connectivity index (χ1) is 10.9. The number of aryl methyl sites for hydroxylation is 1. The molecule has 2 fully saturated rings. The Morgan fingerprint density at radius 1 is 1.26 bits per heavy atom. The van der Waals surface area contributed by atoms with E-state index in [0.29, 0.717) is 25.1 Å². The van der Waals surface area contributed by atoms with Gasteiger partial charge in [0, 0.05) is 31.5 Å². The molecule has 2 unspecified atom stereocenters. The van der Waals surface area contributed by atoms with Crippen LogP contribution in [0.2, 0.25) is 0 Å². The summed E-state index contributed by atoms with van der Waals surface area (Å²) in [6, 6.07) is 3.69. The second kappa shape index (κ2) is 6.20. The van der Waals surface area contributed by atoms with E-state index in [2.05, 4.69) is 5.32 Å². The van der Waals surface area contributed by atoms with Crippen molar-refractivity contribution in [2.75, 3.05) is 13.1 Å². The van der Waals surface area contributed by atoms with Crippen LogP contribution in [0.15, 0.2) is 23.1 Å². The van der Waals surface area contributed by atoms with Gasteiger partial charge < -0.3 is 5.32 Å². The topological polar surface area (TPSA) is 66.5 Å². The monoisotopic (exact) mass is 340 g/mol. The van der Waals surface area contributed by atoms with Crippen LogP contribution in [0, 0.1) is 18.7 Å². The molecule has 2 saturated heterocycles. The predicted molar refractivity (Wildman–Crippen MR) is 83.8 cm³/mol. The SMILES string of the molecule is Cc1cc(F)cc(S(=O)(=O)N2CCCCC2C2CNC(=O)C2)c1. The van der Waals surface area contributed by atoms with Gasteiger partial charge in [-0.3, -0.25) is 4.79 Å². The molecule has 0 spiro atoms. The maximum Gasteiger partial charge on any atom is 0.243 e. The normalized spacial score (nSPS) is 26.3. The first-order valence-corrected chi connectivity index (χ1v) is 9.37. The highest BCUT2D eigenvalue weighted by Gasteiger charge is 2.40. The lowest BCUT2D eigenvalue weighted by Gasteiger charge is -2.37. The van der Waals surface area contributed by atoms with E-state index in [9.17, 15) is 17.6 Å². The van der Waals surface area contributed by atoms with Crippen LogP contribution in [0.25, 0.3) is 0 Å². The van der Waals surface area contributed by atoms with Crippen molar-refractivity contribution in [1.29, 1.82) is 0 Å². The van der Waals surface area contributed by atoms with Gasteiger partial charge in [0.2, 0.25) is 15.9 Å². The Labute approximate surface area is 135 Å². The number of benzene rings is 1. The van der Waals surface area contributed by atoms with Crippen LogP contribution in [-0.2, 0) is 14.8 Å². The molecule has 126 valence electrons. The smallest absolute Gasteiger partial charge is 0.243 e. The summed E-state index contributed by atoms with van der Waals surface area (Å²) in [6.07, 6.45) is 2.84. The Morgan fingerprint density at radius 3 is 2.70 bits per heavy atom. The molecule has 1 aromatic carbocycles. The molecular formula is C16H21FN2O3S. The van der Waals surface area contributed by atoms with E-state index < -0.39 is 15.8 Å². The van der Waals surface area contributed by atoms with Crippen molar-refractivity contribution in [1.82, 2.24) is 9.62 Å². The number of amides is 1. The average Bonchev–Trinajstić information content (AvgIpc) is 2.93. The second-order valence-electron chi connectivity index (χ2n) is 6.41. The number of nitrogens with one attached hydrogen (secondary N) is 1. The standard InChI is InChI=1S/C16H21FN2O3S/c1-11-6-13(17)9-14(7-11)23(21,22)19-5-3-2-4-15(19)12-8-16(20)18-10-12/h6-7,9,12,15H,2-5,8,10H2,1H3,(H,18,20). The molecule has 2 heterocycles. The van der Waals surface area contributed by atoms with Crippen LogP contribution >= 0.6 is 0 Å². The van der Waals surface area contributed by atoms with Crippen molar-refractivity contribution in [3.63, 3.8) is 0 Å². The number of rotatable bonds is 3. The number of piperidine rings is 1. The van der Waals surface area contributed by atoms with E-state index in [1.165, 1.54) is 16.4 Å². The predicted octanol–water partition coefficient (Wildman–Crippen LogP) is 1.81. The van der Waals surface area contributed by atoms with E-state index in [1.807, 2.05) is 0 Å². The van der Waals surface area contributed by atoms with Crippen molar-refractivity contribution in [2.24, 2.45) is 5.92 Å². The number of carbonyl (C=O) groups excluding carboxylic acids is 1. The summed E-state index contributed by atoms with van der Waals surface area (Å²) in [5, 5.41) is 2.78. The summed E-state index contributed by atoms with van der Waals surface area (Å²) in [7, 11) is -3.76. The second-order valence-corrected chi connectivity index (χ2v) is 8.30. The summed E-state index contributed by atoms with van der Waals surface area (Å²) < 4.78 is 41.1. The number of sulfonamides is 1. The van der Waals surface area contributed by atoms with Crippen molar-refractivity contribution in [2.45, 2.75) is 43.5 Å². The zero-order valence-corrected chi connectivity index (χ0v) is 13.9. The van der Waals surface area contributed by atoms with Crippen LogP contribution in [0.1, 0.15) is 31.2 Å². The Balaban J connectivity index is 1.94. The molecule has 2 aliphatic heterocycles. The van der Waals surface area contributed by atoms with Gasteiger partial charge in [-0.05, 0) is 43.5 Å². The lowest BCUT2D eigenvalue weighted by molar-refractivity contribution is -0.119. The van der Waals surface area contributed by atoms with Crippen LogP contribution in [0.4, 0.5) is 4.39 Å². The zero-order chi connectivity index (χ0) is 16.6. The van der Waals surface area contributed by atoms with Crippen LogP contribution in [-0.4, -0.2) is 37.8 Å². The molecule has 23 heavy (non-hydrogen) atoms. The van der Waals surface area contributed by atoms with E-state index in [4.69, 9.17) is 0 Å². The Hall–Kier alpha value is -1.47. The quantitative estimate of drug-likeness (QED) is 0.913. The first-order valence-electron chi connectivity index (χ1n) is 7.93. The molecular weight excluding hydrogens is 319 g/mol. The van der Waals surface area contributed by atoms with Gasteiger partial charge in [0.15, 0.2) is 0 Å². The summed E-state index contributed by atoms with van der Waals surface area (Å²) in [5.74, 6) is -0.582. The molecule has 3 rings (SSSR count). The molecule has 0 saturated carbocycles. The third-order valence-electron chi connectivity index (χ3n) is 4.67. The summed E-state index contributed by atoms with van der Waals surface area (Å²) >= 11 is 0. The van der Waals surface area contributed by atoms with Gasteiger partial charge in [0.05, 0.1) is 4.90 Å². The van der Waals surface area contributed by atoms with Crippen LogP contribution in [0.5, 0.6) is 0 Å². The third-order valence-corrected chi connectivity index (χ3v) is 6.58. The van der Waals surface area contributed by atoms with Gasteiger partial charge >= 0.3 is 0 Å². The van der Waals surface area contributed by atoms with E-state index in [-0.39, 0.29) is 22.8 Å². The molecule has 2 atom stereocenters. The minimum Gasteiger partial charge on any atom is -0.356 e. The van der Waals surface area contributed by atoms with Gasteiger partial charge in [-0.25, -0.2) is 12.8 Å². The molecule has 2 aliphatic rings. The molecule has 0 bridgehead atoms. The maximum absolute atomic E-state index is 13.6. The van der Waals surface area contributed by atoms with E-state index >= 15 is 0 Å². The van der Waals surface area contributed by atoms with Crippen LogP contribution < -0.4 is 5.32 Å². The first kappa shape index (κ1) is 16.4. The Bertz CT molecular complexity index is 700. The number of halogens is 1. The minimum atomic E-state index is -3.76. The van der Waals surface area contributed by atoms with Crippen molar-refractivity contribution < 1.29 is 17.6 Å². The number of hydrogen-bond acceptors (Lipinski definition) is 3. The Morgan fingerprint density at radius 2 is 2.04 bits per heavy atom. The molecule has 7 heteroatoms. The summed E-state index contributed by atoms with van der Waals surface area (Å²) in [4.78, 5) is 11.5. The molecule has 0 aliphatic carbocycles. The highest BCUT2D eigenvalue weighted by Crippen LogP contribution is 2.32. The lowest BCUT2D eigenvalue weighted by atomic mass is 9.91. The van der Waals surface area contributed by atoms with Gasteiger partial charge in [0.1, 0.15) is 5.82 Å². The molecule has 1 aromatic rings. The number of hydrogen-bond donors (Lipinski definition) is 1. The van der Waals surface area contributed by atoms with Crippen molar-refractivity contribution in [3.8, 4) is 0 Å². The average molecular weight is 340 g/mol. The highest BCUT2D eigenvalue weighted by atomic mass is 32.2. The van der Waals surface area contributed by atoms with Gasteiger partial charge in [-0.15, -0.1) is 0 Å². The van der Waals surface area contributed by atoms with Gasteiger partial charge in [-0.2, -0.15) is 4.31 Å². The van der Waals surface area contributed by atoms with Gasteiger partial charge in [-0.1, -0.05) is 6.42 Å². The molecule has 0 aromatic heterocycles. The largest absolute Gasteiger partial charge is 0.356 e. The fraction of sp³-hybridized carbons (Fsp3) is 0.562. The van der Waals surface area contributed by atoms with Gasteiger partial charge in [0.25, 0.3) is 0 Å². The fourth-order valence-electron chi connectivity index (χ4n) is 3.59. The zero-order valence-electron chi connectivity index (χ0n) is 13.1. The molecule has 0 radical (unpaired) electrons. The third kappa shape index (κ3) is 3.26. The van der Waals surface area contributed by atoms with Crippen molar-refractivity contribution in [3.05, 3.63) is 29.6 Å². The highest BCUT2D eigenvalue weighted by molar-refractivity contribution is 7.89. The number of carbonyl (C=O) groups is 1. The maximum atomic E-state index is 13.6. The van der Waals surface area contributed by atoms with E-state index in [0.717, 1.165) is 25.3 Å². The minimum absolute atomic E-state index is 0.000757. The van der Waals surface area contributed by atoms with Crippen molar-refractivity contribution >= 4 is 15.9 Å². The number of nitrogens with zero attached hydrogens (tertiary/aromatic N) is 1.